The molecular weight excluding hydrogens is 556 g/mol. The summed E-state index contributed by atoms with van der Waals surface area (Å²) < 4.78 is 0. The van der Waals surface area contributed by atoms with E-state index in [0.717, 1.165) is 39.5 Å². The van der Waals surface area contributed by atoms with Gasteiger partial charge in [-0.05, 0) is 91.2 Å². The van der Waals surface area contributed by atoms with E-state index in [0.29, 0.717) is 5.92 Å². The zero-order valence-electron chi connectivity index (χ0n) is 25.1. The molecule has 0 saturated carbocycles. The minimum atomic E-state index is 0.307. The SMILES string of the molecule is C1=CC(c2ccc3ccccc3c2)C2=C1c1cc(-c3cccc(-c4ccc5ccc6cccnc6c5n4)c3)c3ccccc3c1C2. The van der Waals surface area contributed by atoms with Crippen LogP contribution in [0.2, 0.25) is 0 Å². The van der Waals surface area contributed by atoms with Crippen LogP contribution in [0, 0.1) is 0 Å². The number of rotatable bonds is 3. The molecule has 46 heavy (non-hydrogen) atoms. The molecule has 0 N–H and O–H groups in total. The van der Waals surface area contributed by atoms with Crippen molar-refractivity contribution in [2.75, 3.05) is 0 Å². The van der Waals surface area contributed by atoms with Crippen LogP contribution in [-0.2, 0) is 6.42 Å². The van der Waals surface area contributed by atoms with Crippen molar-refractivity contribution in [2.24, 2.45) is 0 Å². The summed E-state index contributed by atoms with van der Waals surface area (Å²) in [6.07, 6.45) is 7.60. The van der Waals surface area contributed by atoms with Gasteiger partial charge in [0.05, 0.1) is 16.7 Å². The molecule has 8 aromatic rings. The third-order valence-corrected chi connectivity index (χ3v) is 10.0. The highest BCUT2D eigenvalue weighted by atomic mass is 14.7. The first-order valence-electron chi connectivity index (χ1n) is 16.0. The molecule has 2 aliphatic rings. The summed E-state index contributed by atoms with van der Waals surface area (Å²) in [7, 11) is 0. The lowest BCUT2D eigenvalue weighted by atomic mass is 9.88. The second kappa shape index (κ2) is 9.82. The van der Waals surface area contributed by atoms with Crippen LogP contribution in [0.1, 0.15) is 22.6 Å². The first-order valence-corrected chi connectivity index (χ1v) is 16.0. The van der Waals surface area contributed by atoms with Crippen molar-refractivity contribution < 1.29 is 0 Å². The molecule has 2 heteroatoms. The van der Waals surface area contributed by atoms with E-state index in [1.807, 2.05) is 12.3 Å². The number of nitrogens with zero attached hydrogens (tertiary/aromatic N) is 2. The van der Waals surface area contributed by atoms with E-state index in [9.17, 15) is 0 Å². The Morgan fingerprint density at radius 1 is 0.543 bits per heavy atom. The average Bonchev–Trinajstić information content (AvgIpc) is 3.71. The summed E-state index contributed by atoms with van der Waals surface area (Å²) in [6.45, 7) is 0. The number of benzene rings is 6. The van der Waals surface area contributed by atoms with E-state index in [1.165, 1.54) is 60.5 Å². The Morgan fingerprint density at radius 3 is 2.24 bits per heavy atom. The summed E-state index contributed by atoms with van der Waals surface area (Å²) in [6, 6.07) is 48.5. The quantitative estimate of drug-likeness (QED) is 0.193. The van der Waals surface area contributed by atoms with Crippen molar-refractivity contribution in [1.82, 2.24) is 9.97 Å². The molecule has 6 aromatic carbocycles. The third-order valence-electron chi connectivity index (χ3n) is 10.0. The molecule has 2 heterocycles. The minimum absolute atomic E-state index is 0.307. The van der Waals surface area contributed by atoms with Crippen molar-refractivity contribution in [3.8, 4) is 22.4 Å². The Kier molecular flexibility index (Phi) is 5.44. The Morgan fingerprint density at radius 2 is 1.30 bits per heavy atom. The fourth-order valence-electron chi connectivity index (χ4n) is 7.79. The Hall–Kier alpha value is -5.86. The van der Waals surface area contributed by atoms with Gasteiger partial charge in [-0.1, -0.05) is 121 Å². The molecule has 2 aliphatic carbocycles. The highest BCUT2D eigenvalue weighted by Gasteiger charge is 2.31. The number of hydrogen-bond acceptors (Lipinski definition) is 2. The second-order valence-corrected chi connectivity index (χ2v) is 12.5. The maximum atomic E-state index is 5.15. The molecule has 0 spiro atoms. The van der Waals surface area contributed by atoms with Crippen LogP contribution in [0.15, 0.2) is 157 Å². The first kappa shape index (κ1) is 25.5. The third kappa shape index (κ3) is 3.83. The fourth-order valence-corrected chi connectivity index (χ4v) is 7.79. The van der Waals surface area contributed by atoms with Crippen molar-refractivity contribution in [3.05, 3.63) is 174 Å². The van der Waals surface area contributed by atoms with Crippen molar-refractivity contribution in [3.63, 3.8) is 0 Å². The zero-order chi connectivity index (χ0) is 30.2. The topological polar surface area (TPSA) is 25.8 Å². The van der Waals surface area contributed by atoms with Gasteiger partial charge in [-0.25, -0.2) is 4.98 Å². The van der Waals surface area contributed by atoms with Gasteiger partial charge in [-0.15, -0.1) is 0 Å². The molecule has 214 valence electrons. The maximum absolute atomic E-state index is 5.15. The smallest absolute Gasteiger partial charge is 0.0972 e. The predicted octanol–water partition coefficient (Wildman–Crippen LogP) is 11.1. The number of aromatic nitrogens is 2. The predicted molar refractivity (Wildman–Crippen MR) is 192 cm³/mol. The largest absolute Gasteiger partial charge is 0.254 e. The summed E-state index contributed by atoms with van der Waals surface area (Å²) in [5.74, 6) is 0.307. The lowest BCUT2D eigenvalue weighted by Gasteiger charge is -2.16. The highest BCUT2D eigenvalue weighted by molar-refractivity contribution is 6.06. The van der Waals surface area contributed by atoms with Crippen LogP contribution < -0.4 is 0 Å². The molecule has 0 amide bonds. The zero-order valence-corrected chi connectivity index (χ0v) is 25.1. The molecule has 1 atom stereocenters. The number of pyridine rings is 2. The van der Waals surface area contributed by atoms with E-state index < -0.39 is 0 Å². The van der Waals surface area contributed by atoms with Crippen LogP contribution in [0.5, 0.6) is 0 Å². The summed E-state index contributed by atoms with van der Waals surface area (Å²) in [5, 5.41) is 7.45. The molecule has 0 fully saturated rings. The van der Waals surface area contributed by atoms with Gasteiger partial charge in [0, 0.05) is 28.5 Å². The molecule has 0 bridgehead atoms. The van der Waals surface area contributed by atoms with E-state index in [2.05, 4.69) is 145 Å². The van der Waals surface area contributed by atoms with Crippen molar-refractivity contribution in [2.45, 2.75) is 12.3 Å². The molecule has 1 unspecified atom stereocenters. The Bertz CT molecular complexity index is 2620. The molecule has 0 radical (unpaired) electrons. The van der Waals surface area contributed by atoms with Crippen LogP contribution in [0.25, 0.3) is 71.3 Å². The van der Waals surface area contributed by atoms with Gasteiger partial charge in [0.1, 0.15) is 0 Å². The van der Waals surface area contributed by atoms with Gasteiger partial charge in [0.2, 0.25) is 0 Å². The Balaban J connectivity index is 1.10. The number of fused-ring (bicyclic) bond motifs is 8. The normalized spacial score (nSPS) is 15.3. The van der Waals surface area contributed by atoms with Crippen molar-refractivity contribution in [1.29, 1.82) is 0 Å². The van der Waals surface area contributed by atoms with Crippen LogP contribution in [0.3, 0.4) is 0 Å². The van der Waals surface area contributed by atoms with E-state index in [4.69, 9.17) is 4.98 Å². The lowest BCUT2D eigenvalue weighted by molar-refractivity contribution is 0.970. The van der Waals surface area contributed by atoms with E-state index in [-0.39, 0.29) is 0 Å². The lowest BCUT2D eigenvalue weighted by Crippen LogP contribution is -1.99. The minimum Gasteiger partial charge on any atom is -0.254 e. The molecule has 10 rings (SSSR count). The van der Waals surface area contributed by atoms with Gasteiger partial charge >= 0.3 is 0 Å². The second-order valence-electron chi connectivity index (χ2n) is 12.5. The van der Waals surface area contributed by atoms with Gasteiger partial charge in [0.25, 0.3) is 0 Å². The number of allylic oxidation sites excluding steroid dienone is 4. The molecule has 0 saturated heterocycles. The molecular formula is C44H28N2. The highest BCUT2D eigenvalue weighted by Crippen LogP contribution is 2.50. The van der Waals surface area contributed by atoms with Crippen molar-refractivity contribution >= 4 is 48.9 Å². The van der Waals surface area contributed by atoms with Gasteiger partial charge in [-0.2, -0.15) is 0 Å². The maximum Gasteiger partial charge on any atom is 0.0972 e. The molecule has 2 nitrogen and oxygen atoms in total. The summed E-state index contributed by atoms with van der Waals surface area (Å²) in [4.78, 5) is 9.82. The average molecular weight is 585 g/mol. The van der Waals surface area contributed by atoms with Crippen LogP contribution in [-0.4, -0.2) is 9.97 Å². The van der Waals surface area contributed by atoms with Gasteiger partial charge < -0.3 is 0 Å². The first-order chi connectivity index (χ1) is 22.8. The van der Waals surface area contributed by atoms with E-state index >= 15 is 0 Å². The Labute approximate surface area is 267 Å². The van der Waals surface area contributed by atoms with Crippen LogP contribution >= 0.6 is 0 Å². The summed E-state index contributed by atoms with van der Waals surface area (Å²) >= 11 is 0. The van der Waals surface area contributed by atoms with Crippen LogP contribution in [0.4, 0.5) is 0 Å². The van der Waals surface area contributed by atoms with Gasteiger partial charge in [0.15, 0.2) is 0 Å². The number of hydrogen-bond donors (Lipinski definition) is 0. The summed E-state index contributed by atoms with van der Waals surface area (Å²) in [5.41, 5.74) is 13.5. The monoisotopic (exact) mass is 584 g/mol. The van der Waals surface area contributed by atoms with Gasteiger partial charge in [-0.3, -0.25) is 4.98 Å². The molecule has 0 aliphatic heterocycles. The molecule has 2 aromatic heterocycles. The fraction of sp³-hybridized carbons (Fsp3) is 0.0455. The van der Waals surface area contributed by atoms with E-state index in [1.54, 1.807) is 0 Å². The standard InChI is InChI=1S/C44H28N2/c1-2-8-30-23-32(17-14-27(30)7-1)34-19-20-37-39(34)26-41-36-13-4-3-12-35(36)38(25-40(37)41)31-9-5-10-33(24-31)42-21-18-29-16-15-28-11-6-22-45-43(28)44(29)46-42/h1-25,34H,26H2.